The van der Waals surface area contributed by atoms with E-state index in [9.17, 15) is 19.5 Å². The molecule has 6 rings (SSSR count). The lowest BCUT2D eigenvalue weighted by atomic mass is 10.1. The number of likely N-dealkylation sites (tertiary alicyclic amines) is 1. The molecule has 1 aliphatic heterocycles. The molecule has 1 fully saturated rings. The lowest BCUT2D eigenvalue weighted by Crippen LogP contribution is -2.42. The molecule has 0 bridgehead atoms. The molecule has 12 nitrogen and oxygen atoms in total. The second-order valence-electron chi connectivity index (χ2n) is 11.6. The molecule has 244 valence electrons. The van der Waals surface area contributed by atoms with Crippen molar-refractivity contribution in [3.05, 3.63) is 96.4 Å². The van der Waals surface area contributed by atoms with Crippen LogP contribution in [0.1, 0.15) is 48.7 Å². The van der Waals surface area contributed by atoms with Gasteiger partial charge in [-0.1, -0.05) is 25.6 Å². The van der Waals surface area contributed by atoms with Crippen LogP contribution < -0.4 is 21.7 Å². The fraction of sp³-hybridized carbons (Fsp3) is 0.200. The van der Waals surface area contributed by atoms with E-state index in [4.69, 9.17) is 10.7 Å². The maximum Gasteiger partial charge on any atom is 0.407 e. The van der Waals surface area contributed by atoms with Gasteiger partial charge in [0.1, 0.15) is 18.2 Å². The number of benzene rings is 3. The van der Waals surface area contributed by atoms with Crippen LogP contribution in [0.2, 0.25) is 0 Å². The van der Waals surface area contributed by atoms with E-state index in [2.05, 4.69) is 39.8 Å². The van der Waals surface area contributed by atoms with E-state index >= 15 is 0 Å². The van der Waals surface area contributed by atoms with Crippen LogP contribution in [0.25, 0.3) is 11.0 Å². The predicted octanol–water partition coefficient (Wildman–Crippen LogP) is 6.96. The van der Waals surface area contributed by atoms with Crippen LogP contribution >= 0.6 is 11.8 Å². The molecule has 48 heavy (non-hydrogen) atoms. The van der Waals surface area contributed by atoms with E-state index < -0.39 is 12.1 Å². The second kappa shape index (κ2) is 14.0. The van der Waals surface area contributed by atoms with Crippen LogP contribution in [0.15, 0.2) is 95.0 Å². The Morgan fingerprint density at radius 2 is 1.67 bits per heavy atom. The third kappa shape index (κ3) is 7.31. The average Bonchev–Trinajstić information content (AvgIpc) is 3.58. The summed E-state index contributed by atoms with van der Waals surface area (Å²) in [4.78, 5) is 54.1. The maximum absolute atomic E-state index is 13.5. The van der Waals surface area contributed by atoms with Crippen molar-refractivity contribution in [3.63, 3.8) is 0 Å². The summed E-state index contributed by atoms with van der Waals surface area (Å²) in [5.41, 5.74) is 10.2. The number of hydrogen-bond acceptors (Lipinski definition) is 9. The SMILES string of the molecule is CC(C)c1ccc2c(Nc3cc(C(=O)Nc4ccc(NC(=O)C5CCCN5C(=O)O)cc4)ccc3Sc3ccc(N)cc3)ncnc2n1. The quantitative estimate of drug-likeness (QED) is 0.104. The van der Waals surface area contributed by atoms with Crippen molar-refractivity contribution in [2.24, 2.45) is 0 Å². The molecule has 1 saturated heterocycles. The number of aromatic nitrogens is 3. The lowest BCUT2D eigenvalue weighted by molar-refractivity contribution is -0.119. The smallest absolute Gasteiger partial charge is 0.407 e. The van der Waals surface area contributed by atoms with Crippen molar-refractivity contribution in [1.29, 1.82) is 0 Å². The molecule has 2 aromatic heterocycles. The molecule has 0 radical (unpaired) electrons. The van der Waals surface area contributed by atoms with Gasteiger partial charge in [0.05, 0.1) is 11.1 Å². The van der Waals surface area contributed by atoms with Gasteiger partial charge in [-0.2, -0.15) is 0 Å². The van der Waals surface area contributed by atoms with Gasteiger partial charge >= 0.3 is 6.09 Å². The van der Waals surface area contributed by atoms with Gasteiger partial charge in [0.2, 0.25) is 5.91 Å². The molecule has 13 heteroatoms. The van der Waals surface area contributed by atoms with Gasteiger partial charge in [0, 0.05) is 44.7 Å². The third-order valence-electron chi connectivity index (χ3n) is 7.92. The number of pyridine rings is 1. The summed E-state index contributed by atoms with van der Waals surface area (Å²) >= 11 is 1.52. The van der Waals surface area contributed by atoms with Crippen molar-refractivity contribution < 1.29 is 19.5 Å². The van der Waals surface area contributed by atoms with E-state index in [0.717, 1.165) is 25.8 Å². The van der Waals surface area contributed by atoms with Gasteiger partial charge in [-0.15, -0.1) is 0 Å². The van der Waals surface area contributed by atoms with Gasteiger partial charge < -0.3 is 26.8 Å². The summed E-state index contributed by atoms with van der Waals surface area (Å²) in [5.74, 6) is 0.0886. The minimum absolute atomic E-state index is 0.246. The van der Waals surface area contributed by atoms with Crippen molar-refractivity contribution in [3.8, 4) is 0 Å². The van der Waals surface area contributed by atoms with E-state index in [1.165, 1.54) is 18.1 Å². The molecule has 1 unspecified atom stereocenters. The summed E-state index contributed by atoms with van der Waals surface area (Å²) in [5, 5.41) is 19.2. The zero-order valence-corrected chi connectivity index (χ0v) is 27.1. The Bertz CT molecular complexity index is 1990. The molecule has 6 N–H and O–H groups in total. The van der Waals surface area contributed by atoms with Gasteiger partial charge in [-0.25, -0.2) is 19.7 Å². The largest absolute Gasteiger partial charge is 0.465 e. The topological polar surface area (TPSA) is 175 Å². The normalized spacial score (nSPS) is 14.2. The minimum Gasteiger partial charge on any atom is -0.465 e. The molecular formula is C35H34N8O4S. The number of nitrogens with zero attached hydrogens (tertiary/aromatic N) is 4. The van der Waals surface area contributed by atoms with Crippen LogP contribution in [0.3, 0.4) is 0 Å². The zero-order chi connectivity index (χ0) is 33.8. The number of nitrogens with two attached hydrogens (primary N) is 1. The van der Waals surface area contributed by atoms with Crippen LogP contribution in [-0.2, 0) is 4.79 Å². The Balaban J connectivity index is 1.22. The fourth-order valence-electron chi connectivity index (χ4n) is 5.36. The Morgan fingerprint density at radius 1 is 0.938 bits per heavy atom. The van der Waals surface area contributed by atoms with E-state index in [1.807, 2.05) is 42.5 Å². The van der Waals surface area contributed by atoms with Crippen molar-refractivity contribution in [2.45, 2.75) is 48.4 Å². The predicted molar refractivity (Wildman–Crippen MR) is 187 cm³/mol. The highest BCUT2D eigenvalue weighted by atomic mass is 32.2. The molecule has 3 aromatic carbocycles. The van der Waals surface area contributed by atoms with Gasteiger partial charge in [0.15, 0.2) is 5.65 Å². The third-order valence-corrected chi connectivity index (χ3v) is 9.01. The van der Waals surface area contributed by atoms with Gasteiger partial charge in [-0.05, 0) is 97.6 Å². The Kier molecular flexibility index (Phi) is 9.39. The average molecular weight is 663 g/mol. The number of anilines is 5. The van der Waals surface area contributed by atoms with Crippen LogP contribution in [-0.4, -0.2) is 55.5 Å². The molecule has 0 saturated carbocycles. The number of carbonyl (C=O) groups excluding carboxylic acids is 2. The first-order chi connectivity index (χ1) is 23.1. The monoisotopic (exact) mass is 662 g/mol. The molecule has 3 amide bonds. The summed E-state index contributed by atoms with van der Waals surface area (Å²) in [7, 11) is 0. The number of rotatable bonds is 9. The highest BCUT2D eigenvalue weighted by Gasteiger charge is 2.34. The number of nitrogen functional groups attached to an aromatic ring is 1. The molecule has 1 aliphatic rings. The first-order valence-corrected chi connectivity index (χ1v) is 16.2. The molecular weight excluding hydrogens is 629 g/mol. The Labute approximate surface area is 281 Å². The molecule has 1 atom stereocenters. The number of carboxylic acid groups (broad SMARTS) is 1. The summed E-state index contributed by atoms with van der Waals surface area (Å²) in [6.07, 6.45) is 1.47. The highest BCUT2D eigenvalue weighted by molar-refractivity contribution is 7.99. The van der Waals surface area contributed by atoms with Crippen LogP contribution in [0, 0.1) is 0 Å². The second-order valence-corrected chi connectivity index (χ2v) is 12.8. The van der Waals surface area contributed by atoms with E-state index in [-0.39, 0.29) is 17.7 Å². The number of carbonyl (C=O) groups is 3. The number of hydrogen-bond donors (Lipinski definition) is 5. The molecule has 5 aromatic rings. The van der Waals surface area contributed by atoms with E-state index in [1.54, 1.807) is 36.4 Å². The minimum atomic E-state index is -1.11. The zero-order valence-electron chi connectivity index (χ0n) is 26.3. The molecule has 0 spiro atoms. The molecule has 0 aliphatic carbocycles. The van der Waals surface area contributed by atoms with Gasteiger partial charge in [-0.3, -0.25) is 14.5 Å². The first kappa shape index (κ1) is 32.3. The van der Waals surface area contributed by atoms with Crippen LogP contribution in [0.4, 0.5) is 33.4 Å². The Morgan fingerprint density at radius 3 is 2.38 bits per heavy atom. The number of fused-ring (bicyclic) bond motifs is 1. The Hall–Kier alpha value is -5.69. The van der Waals surface area contributed by atoms with Crippen molar-refractivity contribution in [2.75, 3.05) is 28.2 Å². The molecule has 3 heterocycles. The van der Waals surface area contributed by atoms with Crippen molar-refractivity contribution >= 4 is 69.3 Å². The fourth-order valence-corrected chi connectivity index (χ4v) is 6.24. The number of nitrogens with one attached hydrogen (secondary N) is 3. The number of amides is 3. The van der Waals surface area contributed by atoms with Crippen molar-refractivity contribution in [1.82, 2.24) is 19.9 Å². The van der Waals surface area contributed by atoms with E-state index in [0.29, 0.717) is 59.2 Å². The van der Waals surface area contributed by atoms with Gasteiger partial charge in [0.25, 0.3) is 5.91 Å². The summed E-state index contributed by atoms with van der Waals surface area (Å²) < 4.78 is 0. The first-order valence-electron chi connectivity index (χ1n) is 15.4. The summed E-state index contributed by atoms with van der Waals surface area (Å²) in [6.45, 7) is 4.49. The highest BCUT2D eigenvalue weighted by Crippen LogP contribution is 2.37. The maximum atomic E-state index is 13.5. The van der Waals surface area contributed by atoms with Crippen LogP contribution in [0.5, 0.6) is 0 Å². The summed E-state index contributed by atoms with van der Waals surface area (Å²) in [6, 6.07) is 22.8. The standard InChI is InChI=1S/C35H34N8O4S/c1-20(2)27-15-14-26-31(41-27)37-19-38-32(26)42-28-18-21(5-16-30(28)48-25-12-6-22(36)7-13-25)33(44)39-23-8-10-24(11-9-23)40-34(45)29-4-3-17-43(29)35(46)47/h5-16,18-20,29H,3-4,17,36H2,1-2H3,(H,39,44)(H,40,45)(H,46,47)(H,37,38,41,42). The lowest BCUT2D eigenvalue weighted by Gasteiger charge is -2.20.